The van der Waals surface area contributed by atoms with Crippen LogP contribution in [-0.2, 0) is 4.74 Å². The molecule has 1 rings (SSSR count). The van der Waals surface area contributed by atoms with Crippen LogP contribution in [-0.4, -0.2) is 10.2 Å². The average Bonchev–Trinajstić information content (AvgIpc) is 1.85. The predicted octanol–water partition coefficient (Wildman–Crippen LogP) is 2.97. The Balaban J connectivity index is 2.35. The second kappa shape index (κ2) is 3.90. The lowest BCUT2D eigenvalue weighted by molar-refractivity contribution is -0.00900. The molecular formula is C8H15IO. The predicted molar refractivity (Wildman–Crippen MR) is 51.4 cm³/mol. The molecule has 1 nitrogen and oxygen atoms in total. The van der Waals surface area contributed by atoms with E-state index in [4.69, 9.17) is 4.74 Å². The van der Waals surface area contributed by atoms with Crippen molar-refractivity contribution >= 4 is 22.6 Å². The van der Waals surface area contributed by atoms with Crippen molar-refractivity contribution < 1.29 is 4.74 Å². The highest BCUT2D eigenvalue weighted by atomic mass is 127. The van der Waals surface area contributed by atoms with Gasteiger partial charge in [-0.25, -0.2) is 0 Å². The molecule has 60 valence electrons. The Morgan fingerprint density at radius 1 is 1.50 bits per heavy atom. The van der Waals surface area contributed by atoms with Crippen molar-refractivity contribution in [3.8, 4) is 0 Å². The van der Waals surface area contributed by atoms with Crippen molar-refractivity contribution in [3.05, 3.63) is 0 Å². The summed E-state index contributed by atoms with van der Waals surface area (Å²) >= 11 is 2.39. The molecule has 1 fully saturated rings. The van der Waals surface area contributed by atoms with Gasteiger partial charge in [0.2, 0.25) is 0 Å². The largest absolute Gasteiger partial charge is 0.365 e. The van der Waals surface area contributed by atoms with Gasteiger partial charge in [0.25, 0.3) is 0 Å². The van der Waals surface area contributed by atoms with Gasteiger partial charge in [-0.15, -0.1) is 0 Å². The Labute approximate surface area is 76.7 Å². The second-order valence-corrected chi connectivity index (χ2v) is 4.49. The molecule has 1 saturated heterocycles. The van der Waals surface area contributed by atoms with E-state index in [1.165, 1.54) is 19.3 Å². The van der Waals surface area contributed by atoms with Crippen LogP contribution < -0.4 is 0 Å². The van der Waals surface area contributed by atoms with E-state index in [-0.39, 0.29) is 0 Å². The van der Waals surface area contributed by atoms with Crippen molar-refractivity contribution in [2.45, 2.75) is 43.3 Å². The first-order chi connectivity index (χ1) is 4.72. The van der Waals surface area contributed by atoms with Gasteiger partial charge in [-0.3, -0.25) is 0 Å². The Bertz CT molecular complexity index is 95.4. The van der Waals surface area contributed by atoms with Crippen LogP contribution in [0.25, 0.3) is 0 Å². The molecule has 0 saturated carbocycles. The first kappa shape index (κ1) is 8.78. The van der Waals surface area contributed by atoms with Gasteiger partial charge in [-0.1, -0.05) is 35.9 Å². The summed E-state index contributed by atoms with van der Waals surface area (Å²) in [6.45, 7) is 4.44. The maximum absolute atomic E-state index is 5.60. The minimum absolute atomic E-state index is 0.464. The lowest BCUT2D eigenvalue weighted by atomic mass is 9.94. The van der Waals surface area contributed by atoms with E-state index in [1.54, 1.807) is 0 Å². The minimum Gasteiger partial charge on any atom is -0.365 e. The number of ether oxygens (including phenoxy) is 1. The van der Waals surface area contributed by atoms with Crippen LogP contribution in [0.5, 0.6) is 0 Å². The van der Waals surface area contributed by atoms with E-state index >= 15 is 0 Å². The molecule has 0 bridgehead atoms. The Kier molecular flexibility index (Phi) is 3.43. The van der Waals surface area contributed by atoms with E-state index in [0.29, 0.717) is 10.2 Å². The first-order valence-corrected chi connectivity index (χ1v) is 5.26. The smallest absolute Gasteiger partial charge is 0.109 e. The van der Waals surface area contributed by atoms with Gasteiger partial charge in [-0.2, -0.15) is 0 Å². The van der Waals surface area contributed by atoms with Gasteiger partial charge >= 0.3 is 0 Å². The van der Waals surface area contributed by atoms with Crippen molar-refractivity contribution in [1.82, 2.24) is 0 Å². The quantitative estimate of drug-likeness (QED) is 0.516. The lowest BCUT2D eigenvalue weighted by Gasteiger charge is -2.30. The number of hydrogen-bond acceptors (Lipinski definition) is 1. The van der Waals surface area contributed by atoms with Crippen LogP contribution in [0.3, 0.4) is 0 Å². The molecule has 0 aromatic rings. The summed E-state index contributed by atoms with van der Waals surface area (Å²) < 4.78 is 6.07. The maximum atomic E-state index is 5.60. The molecule has 2 heteroatoms. The topological polar surface area (TPSA) is 9.23 Å². The molecule has 1 aliphatic rings. The SMILES string of the molecule is CC[C@H]1CC(I)O[C@@H](C)C1. The van der Waals surface area contributed by atoms with Crippen LogP contribution in [0.15, 0.2) is 0 Å². The van der Waals surface area contributed by atoms with Crippen molar-refractivity contribution in [3.63, 3.8) is 0 Å². The molecule has 1 heterocycles. The lowest BCUT2D eigenvalue weighted by Crippen LogP contribution is -2.26. The van der Waals surface area contributed by atoms with E-state index < -0.39 is 0 Å². The summed E-state index contributed by atoms with van der Waals surface area (Å²) in [7, 11) is 0. The number of alkyl halides is 1. The third-order valence-corrected chi connectivity index (χ3v) is 2.94. The van der Waals surface area contributed by atoms with Gasteiger partial charge in [0, 0.05) is 0 Å². The van der Waals surface area contributed by atoms with Crippen LogP contribution in [0.4, 0.5) is 0 Å². The van der Waals surface area contributed by atoms with Crippen LogP contribution in [0, 0.1) is 5.92 Å². The van der Waals surface area contributed by atoms with Gasteiger partial charge in [0.15, 0.2) is 0 Å². The van der Waals surface area contributed by atoms with Gasteiger partial charge in [0.1, 0.15) is 4.11 Å². The third kappa shape index (κ3) is 2.38. The highest BCUT2D eigenvalue weighted by Crippen LogP contribution is 2.29. The maximum Gasteiger partial charge on any atom is 0.109 e. The molecule has 0 N–H and O–H groups in total. The number of halogens is 1. The van der Waals surface area contributed by atoms with Crippen LogP contribution in [0.1, 0.15) is 33.1 Å². The summed E-state index contributed by atoms with van der Waals surface area (Å²) in [6.07, 6.45) is 4.31. The fourth-order valence-corrected chi connectivity index (χ4v) is 2.74. The monoisotopic (exact) mass is 254 g/mol. The fourth-order valence-electron chi connectivity index (χ4n) is 1.52. The van der Waals surface area contributed by atoms with Gasteiger partial charge < -0.3 is 4.74 Å². The van der Waals surface area contributed by atoms with E-state index in [1.807, 2.05) is 0 Å². The highest BCUT2D eigenvalue weighted by molar-refractivity contribution is 14.1. The normalized spacial score (nSPS) is 41.7. The van der Waals surface area contributed by atoms with E-state index in [9.17, 15) is 0 Å². The fraction of sp³-hybridized carbons (Fsp3) is 1.00. The zero-order chi connectivity index (χ0) is 7.56. The Hall–Kier alpha value is 0.690. The molecular weight excluding hydrogens is 239 g/mol. The molecule has 0 spiro atoms. The minimum atomic E-state index is 0.464. The molecule has 1 unspecified atom stereocenters. The summed E-state index contributed by atoms with van der Waals surface area (Å²) in [5, 5.41) is 0. The first-order valence-electron chi connectivity index (χ1n) is 4.02. The third-order valence-electron chi connectivity index (χ3n) is 2.14. The summed E-state index contributed by atoms with van der Waals surface area (Å²) in [4.78, 5) is 0. The zero-order valence-electron chi connectivity index (χ0n) is 6.64. The molecule has 0 aromatic heterocycles. The molecule has 0 aromatic carbocycles. The zero-order valence-corrected chi connectivity index (χ0v) is 8.80. The summed E-state index contributed by atoms with van der Waals surface area (Å²) in [5.74, 6) is 0.908. The molecule has 0 radical (unpaired) electrons. The number of rotatable bonds is 1. The molecule has 1 aliphatic heterocycles. The van der Waals surface area contributed by atoms with Gasteiger partial charge in [0.05, 0.1) is 6.10 Å². The van der Waals surface area contributed by atoms with Crippen molar-refractivity contribution in [2.75, 3.05) is 0 Å². The second-order valence-electron chi connectivity index (χ2n) is 3.10. The van der Waals surface area contributed by atoms with E-state index in [2.05, 4.69) is 36.4 Å². The Morgan fingerprint density at radius 3 is 2.70 bits per heavy atom. The van der Waals surface area contributed by atoms with E-state index in [0.717, 1.165) is 5.92 Å². The molecule has 0 aliphatic carbocycles. The Morgan fingerprint density at radius 2 is 2.20 bits per heavy atom. The average molecular weight is 254 g/mol. The summed E-state index contributed by atoms with van der Waals surface area (Å²) in [5.41, 5.74) is 0. The van der Waals surface area contributed by atoms with Crippen LogP contribution >= 0.6 is 22.6 Å². The molecule has 10 heavy (non-hydrogen) atoms. The summed E-state index contributed by atoms with van der Waals surface area (Å²) in [6, 6.07) is 0. The van der Waals surface area contributed by atoms with Crippen molar-refractivity contribution in [1.29, 1.82) is 0 Å². The van der Waals surface area contributed by atoms with Crippen molar-refractivity contribution in [2.24, 2.45) is 5.92 Å². The standard InChI is InChI=1S/C8H15IO/c1-3-7-4-6(2)10-8(9)5-7/h6-8H,3-5H2,1-2H3/t6-,7+,8?/m0/s1. The van der Waals surface area contributed by atoms with Crippen LogP contribution in [0.2, 0.25) is 0 Å². The van der Waals surface area contributed by atoms with Gasteiger partial charge in [-0.05, 0) is 25.7 Å². The molecule has 3 atom stereocenters. The number of hydrogen-bond donors (Lipinski definition) is 0. The molecule has 0 amide bonds. The highest BCUT2D eigenvalue weighted by Gasteiger charge is 2.23.